The minimum atomic E-state index is 0.643. The SMILES string of the molecule is COc1cc(C)cc2c(Br)c(CCN)n(C)c12. The molecule has 2 aromatic rings. The first kappa shape index (κ1) is 12.5. The van der Waals surface area contributed by atoms with Crippen LogP contribution in [0.2, 0.25) is 0 Å². The molecule has 0 radical (unpaired) electrons. The topological polar surface area (TPSA) is 40.2 Å². The lowest BCUT2D eigenvalue weighted by Gasteiger charge is -2.07. The van der Waals surface area contributed by atoms with Gasteiger partial charge in [0.05, 0.1) is 12.6 Å². The van der Waals surface area contributed by atoms with Gasteiger partial charge in [-0.2, -0.15) is 0 Å². The van der Waals surface area contributed by atoms with Gasteiger partial charge in [0.2, 0.25) is 0 Å². The summed E-state index contributed by atoms with van der Waals surface area (Å²) in [6.45, 7) is 2.72. The quantitative estimate of drug-likeness (QED) is 0.946. The van der Waals surface area contributed by atoms with Crippen LogP contribution in [-0.2, 0) is 13.5 Å². The molecule has 0 saturated carbocycles. The van der Waals surface area contributed by atoms with E-state index >= 15 is 0 Å². The van der Waals surface area contributed by atoms with Crippen molar-refractivity contribution in [3.05, 3.63) is 27.9 Å². The second kappa shape index (κ2) is 4.70. The van der Waals surface area contributed by atoms with E-state index in [1.165, 1.54) is 16.6 Å². The van der Waals surface area contributed by atoms with Gasteiger partial charge in [-0.15, -0.1) is 0 Å². The predicted molar refractivity (Wildman–Crippen MR) is 74.7 cm³/mol. The highest BCUT2D eigenvalue weighted by atomic mass is 79.9. The average molecular weight is 297 g/mol. The number of methoxy groups -OCH3 is 1. The minimum Gasteiger partial charge on any atom is -0.495 e. The number of halogens is 1. The number of aryl methyl sites for hydroxylation is 2. The first-order valence-corrected chi connectivity index (χ1v) is 6.41. The van der Waals surface area contributed by atoms with E-state index in [0.29, 0.717) is 6.54 Å². The number of aromatic nitrogens is 1. The van der Waals surface area contributed by atoms with Crippen molar-refractivity contribution in [1.82, 2.24) is 4.57 Å². The molecule has 1 aromatic heterocycles. The summed E-state index contributed by atoms with van der Waals surface area (Å²) in [5, 5.41) is 1.19. The smallest absolute Gasteiger partial charge is 0.143 e. The molecule has 0 unspecified atom stereocenters. The fourth-order valence-corrected chi connectivity index (χ4v) is 3.03. The van der Waals surface area contributed by atoms with Gasteiger partial charge < -0.3 is 15.0 Å². The van der Waals surface area contributed by atoms with Crippen LogP contribution in [0.5, 0.6) is 5.75 Å². The number of fused-ring (bicyclic) bond motifs is 1. The summed E-state index contributed by atoms with van der Waals surface area (Å²) in [4.78, 5) is 0. The highest BCUT2D eigenvalue weighted by Crippen LogP contribution is 2.36. The summed E-state index contributed by atoms with van der Waals surface area (Å²) in [5.74, 6) is 0.909. The maximum atomic E-state index is 5.66. The number of ether oxygens (including phenoxy) is 1. The van der Waals surface area contributed by atoms with Crippen LogP contribution in [0.3, 0.4) is 0 Å². The van der Waals surface area contributed by atoms with Crippen molar-refractivity contribution in [3.63, 3.8) is 0 Å². The standard InChI is InChI=1S/C13H17BrN2O/c1-8-6-9-12(14)10(4-5-15)16(2)13(9)11(7-8)17-3/h6-7H,4-5,15H2,1-3H3. The molecule has 4 heteroatoms. The maximum absolute atomic E-state index is 5.66. The Morgan fingerprint density at radius 2 is 2.12 bits per heavy atom. The van der Waals surface area contributed by atoms with Gasteiger partial charge >= 0.3 is 0 Å². The lowest BCUT2D eigenvalue weighted by atomic mass is 10.1. The third-order valence-corrected chi connectivity index (χ3v) is 3.94. The second-order valence-corrected chi connectivity index (χ2v) is 5.01. The molecule has 0 bridgehead atoms. The van der Waals surface area contributed by atoms with Crippen LogP contribution in [0.25, 0.3) is 10.9 Å². The molecule has 92 valence electrons. The summed E-state index contributed by atoms with van der Waals surface area (Å²) in [6, 6.07) is 4.23. The molecule has 1 heterocycles. The van der Waals surface area contributed by atoms with E-state index in [9.17, 15) is 0 Å². The Bertz CT molecular complexity index is 560. The van der Waals surface area contributed by atoms with Gasteiger partial charge in [-0.25, -0.2) is 0 Å². The van der Waals surface area contributed by atoms with Gasteiger partial charge in [0.1, 0.15) is 5.75 Å². The molecule has 0 aliphatic carbocycles. The van der Waals surface area contributed by atoms with Crippen LogP contribution >= 0.6 is 15.9 Å². The first-order chi connectivity index (χ1) is 8.10. The number of nitrogens with two attached hydrogens (primary N) is 1. The lowest BCUT2D eigenvalue weighted by molar-refractivity contribution is 0.417. The predicted octanol–water partition coefficient (Wildman–Crippen LogP) is 2.76. The van der Waals surface area contributed by atoms with E-state index in [1.807, 2.05) is 0 Å². The Morgan fingerprint density at radius 1 is 1.41 bits per heavy atom. The summed E-state index contributed by atoms with van der Waals surface area (Å²) in [5.41, 5.74) is 9.18. The average Bonchev–Trinajstić information content (AvgIpc) is 2.54. The third kappa shape index (κ3) is 1.96. The van der Waals surface area contributed by atoms with Gasteiger partial charge in [-0.1, -0.05) is 0 Å². The lowest BCUT2D eigenvalue weighted by Crippen LogP contribution is -2.07. The van der Waals surface area contributed by atoms with Crippen molar-refractivity contribution in [1.29, 1.82) is 0 Å². The fraction of sp³-hybridized carbons (Fsp3) is 0.385. The third-order valence-electron chi connectivity index (χ3n) is 3.05. The molecule has 0 aliphatic rings. The van der Waals surface area contributed by atoms with Gasteiger partial charge in [0.25, 0.3) is 0 Å². The molecule has 2 N–H and O–H groups in total. The van der Waals surface area contributed by atoms with Crippen LogP contribution in [0, 0.1) is 6.92 Å². The molecule has 0 fully saturated rings. The Balaban J connectivity index is 2.81. The molecule has 0 spiro atoms. The van der Waals surface area contributed by atoms with Gasteiger partial charge in [-0.3, -0.25) is 0 Å². The summed E-state index contributed by atoms with van der Waals surface area (Å²) in [7, 11) is 3.76. The molecule has 0 aliphatic heterocycles. The highest BCUT2D eigenvalue weighted by molar-refractivity contribution is 9.10. The van der Waals surface area contributed by atoms with Crippen LogP contribution in [0.4, 0.5) is 0 Å². The van der Waals surface area contributed by atoms with Crippen molar-refractivity contribution in [2.24, 2.45) is 12.8 Å². The molecule has 3 nitrogen and oxygen atoms in total. The zero-order valence-electron chi connectivity index (χ0n) is 10.4. The van der Waals surface area contributed by atoms with Gasteiger partial charge in [-0.05, 0) is 47.1 Å². The van der Waals surface area contributed by atoms with E-state index in [4.69, 9.17) is 10.5 Å². The Morgan fingerprint density at radius 3 is 2.71 bits per heavy atom. The van der Waals surface area contributed by atoms with E-state index in [-0.39, 0.29) is 0 Å². The molecule has 0 amide bonds. The van der Waals surface area contributed by atoms with Gasteiger partial charge in [0.15, 0.2) is 0 Å². The summed E-state index contributed by atoms with van der Waals surface area (Å²) < 4.78 is 8.75. The van der Waals surface area contributed by atoms with E-state index in [1.54, 1.807) is 7.11 Å². The molecule has 1 aromatic carbocycles. The van der Waals surface area contributed by atoms with Crippen molar-refractivity contribution >= 4 is 26.8 Å². The van der Waals surface area contributed by atoms with Gasteiger partial charge in [0, 0.05) is 29.0 Å². The molecular weight excluding hydrogens is 280 g/mol. The van der Waals surface area contributed by atoms with E-state index < -0.39 is 0 Å². The fourth-order valence-electron chi connectivity index (χ4n) is 2.27. The van der Waals surface area contributed by atoms with Crippen molar-refractivity contribution in [2.45, 2.75) is 13.3 Å². The number of nitrogens with zero attached hydrogens (tertiary/aromatic N) is 1. The maximum Gasteiger partial charge on any atom is 0.143 e. The Hall–Kier alpha value is -1.00. The minimum absolute atomic E-state index is 0.643. The summed E-state index contributed by atoms with van der Waals surface area (Å²) >= 11 is 3.67. The number of hydrogen-bond acceptors (Lipinski definition) is 2. The number of hydrogen-bond donors (Lipinski definition) is 1. The highest BCUT2D eigenvalue weighted by Gasteiger charge is 2.16. The zero-order chi connectivity index (χ0) is 12.6. The zero-order valence-corrected chi connectivity index (χ0v) is 12.0. The second-order valence-electron chi connectivity index (χ2n) is 4.22. The monoisotopic (exact) mass is 296 g/mol. The molecule has 0 atom stereocenters. The Kier molecular flexibility index (Phi) is 3.45. The van der Waals surface area contributed by atoms with E-state index in [0.717, 1.165) is 22.2 Å². The number of benzene rings is 1. The van der Waals surface area contributed by atoms with Crippen molar-refractivity contribution in [2.75, 3.05) is 13.7 Å². The number of rotatable bonds is 3. The molecule has 17 heavy (non-hydrogen) atoms. The van der Waals surface area contributed by atoms with Crippen molar-refractivity contribution < 1.29 is 4.74 Å². The molecule has 0 saturated heterocycles. The van der Waals surface area contributed by atoms with Crippen LogP contribution < -0.4 is 10.5 Å². The summed E-state index contributed by atoms with van der Waals surface area (Å²) in [6.07, 6.45) is 0.855. The van der Waals surface area contributed by atoms with Crippen LogP contribution in [0.15, 0.2) is 16.6 Å². The Labute approximate surface area is 110 Å². The first-order valence-electron chi connectivity index (χ1n) is 5.61. The largest absolute Gasteiger partial charge is 0.495 e. The van der Waals surface area contributed by atoms with Crippen LogP contribution in [0.1, 0.15) is 11.3 Å². The van der Waals surface area contributed by atoms with Crippen molar-refractivity contribution in [3.8, 4) is 5.75 Å². The molecule has 2 rings (SSSR count). The van der Waals surface area contributed by atoms with E-state index in [2.05, 4.69) is 46.6 Å². The van der Waals surface area contributed by atoms with Crippen LogP contribution in [-0.4, -0.2) is 18.2 Å². The molecular formula is C13H17BrN2O. The normalized spacial score (nSPS) is 11.1.